The quantitative estimate of drug-likeness (QED) is 0.830. The van der Waals surface area contributed by atoms with Crippen LogP contribution in [0.15, 0.2) is 29.3 Å². The number of aryl methyl sites for hydroxylation is 3. The predicted molar refractivity (Wildman–Crippen MR) is 78.8 cm³/mol. The first-order valence-electron chi connectivity index (χ1n) is 6.74. The molecule has 0 aliphatic rings. The fraction of sp³-hybridized carbons (Fsp3) is 0.438. The molecule has 19 heavy (non-hydrogen) atoms. The van der Waals surface area contributed by atoms with Gasteiger partial charge in [0.1, 0.15) is 0 Å². The van der Waals surface area contributed by atoms with Crippen molar-refractivity contribution in [3.05, 3.63) is 57.3 Å². The fourth-order valence-corrected chi connectivity index (χ4v) is 2.57. The summed E-state index contributed by atoms with van der Waals surface area (Å²) in [6.07, 6.45) is 3.74. The molecule has 0 saturated carbocycles. The van der Waals surface area contributed by atoms with E-state index in [2.05, 4.69) is 32.9 Å². The Labute approximate surface area is 114 Å². The van der Waals surface area contributed by atoms with Gasteiger partial charge < -0.3 is 0 Å². The van der Waals surface area contributed by atoms with Gasteiger partial charge in [-0.25, -0.2) is 4.79 Å². The Morgan fingerprint density at radius 3 is 2.11 bits per heavy atom. The lowest BCUT2D eigenvalue weighted by Gasteiger charge is -2.12. The highest BCUT2D eigenvalue weighted by molar-refractivity contribution is 5.37. The maximum atomic E-state index is 12.2. The summed E-state index contributed by atoms with van der Waals surface area (Å²) < 4.78 is 3.55. The summed E-state index contributed by atoms with van der Waals surface area (Å²) in [5.41, 5.74) is 5.08. The third kappa shape index (κ3) is 2.65. The molecule has 0 radical (unpaired) electrons. The highest BCUT2D eigenvalue weighted by Crippen LogP contribution is 2.17. The number of hydrogen-bond donors (Lipinski definition) is 0. The number of aromatic nitrogens is 2. The zero-order chi connectivity index (χ0) is 14.2. The summed E-state index contributed by atoms with van der Waals surface area (Å²) in [6.45, 7) is 11.0. The molecule has 3 nitrogen and oxygen atoms in total. The summed E-state index contributed by atoms with van der Waals surface area (Å²) in [7, 11) is 0. The molecule has 0 unspecified atom stereocenters. The molecule has 0 N–H and O–H groups in total. The van der Waals surface area contributed by atoms with Crippen molar-refractivity contribution in [3.8, 4) is 0 Å². The van der Waals surface area contributed by atoms with Gasteiger partial charge in [-0.2, -0.15) is 0 Å². The SMILES string of the molecule is Cc1cc(C)c(Cn2ccn(C(C)C)c2=O)c(C)c1. The van der Waals surface area contributed by atoms with Gasteiger partial charge >= 0.3 is 5.69 Å². The van der Waals surface area contributed by atoms with Crippen molar-refractivity contribution in [1.29, 1.82) is 0 Å². The highest BCUT2D eigenvalue weighted by atomic mass is 16.1. The van der Waals surface area contributed by atoms with E-state index in [4.69, 9.17) is 0 Å². The molecule has 102 valence electrons. The van der Waals surface area contributed by atoms with Crippen LogP contribution in [0.2, 0.25) is 0 Å². The van der Waals surface area contributed by atoms with Crippen molar-refractivity contribution in [1.82, 2.24) is 9.13 Å². The predicted octanol–water partition coefficient (Wildman–Crippen LogP) is 3.20. The van der Waals surface area contributed by atoms with Gasteiger partial charge in [-0.15, -0.1) is 0 Å². The van der Waals surface area contributed by atoms with Crippen LogP contribution in [0, 0.1) is 20.8 Å². The minimum absolute atomic E-state index is 0.0642. The van der Waals surface area contributed by atoms with E-state index in [1.807, 2.05) is 26.2 Å². The Kier molecular flexibility index (Phi) is 3.65. The van der Waals surface area contributed by atoms with Crippen molar-refractivity contribution >= 4 is 0 Å². The molecule has 2 rings (SSSR count). The van der Waals surface area contributed by atoms with Gasteiger partial charge in [-0.1, -0.05) is 17.7 Å². The molecular formula is C16H22N2O. The fourth-order valence-electron chi connectivity index (χ4n) is 2.57. The van der Waals surface area contributed by atoms with E-state index in [-0.39, 0.29) is 11.7 Å². The van der Waals surface area contributed by atoms with Crippen molar-refractivity contribution < 1.29 is 0 Å². The highest BCUT2D eigenvalue weighted by Gasteiger charge is 2.09. The Bertz CT molecular complexity index is 624. The van der Waals surface area contributed by atoms with Gasteiger partial charge in [-0.3, -0.25) is 9.13 Å². The summed E-state index contributed by atoms with van der Waals surface area (Å²) in [5.74, 6) is 0. The number of imidazole rings is 1. The molecule has 3 heteroatoms. The monoisotopic (exact) mass is 258 g/mol. The Morgan fingerprint density at radius 2 is 1.63 bits per heavy atom. The Hall–Kier alpha value is -1.77. The van der Waals surface area contributed by atoms with E-state index in [9.17, 15) is 4.79 Å². The van der Waals surface area contributed by atoms with E-state index in [1.54, 1.807) is 9.13 Å². The molecule has 0 bridgehead atoms. The molecule has 0 aliphatic heterocycles. The molecule has 0 fully saturated rings. The summed E-state index contributed by atoms with van der Waals surface area (Å²) in [5, 5.41) is 0. The average molecular weight is 258 g/mol. The zero-order valence-corrected chi connectivity index (χ0v) is 12.4. The number of hydrogen-bond acceptors (Lipinski definition) is 1. The largest absolute Gasteiger partial charge is 0.328 e. The lowest BCUT2D eigenvalue weighted by Crippen LogP contribution is -2.26. The maximum absolute atomic E-state index is 12.2. The van der Waals surface area contributed by atoms with Gasteiger partial charge in [0.05, 0.1) is 6.54 Å². The lowest BCUT2D eigenvalue weighted by molar-refractivity contribution is 0.560. The second-order valence-electron chi connectivity index (χ2n) is 5.59. The van der Waals surface area contributed by atoms with Gasteiger partial charge in [0.15, 0.2) is 0 Å². The Morgan fingerprint density at radius 1 is 1.05 bits per heavy atom. The number of nitrogens with zero attached hydrogens (tertiary/aromatic N) is 2. The van der Waals surface area contributed by atoms with Crippen molar-refractivity contribution in [3.63, 3.8) is 0 Å². The molecule has 0 amide bonds. The second kappa shape index (κ2) is 5.08. The molecule has 1 heterocycles. The van der Waals surface area contributed by atoms with Gasteiger partial charge in [0.2, 0.25) is 0 Å². The third-order valence-corrected chi connectivity index (χ3v) is 3.60. The van der Waals surface area contributed by atoms with Gasteiger partial charge in [0.25, 0.3) is 0 Å². The second-order valence-corrected chi connectivity index (χ2v) is 5.59. The van der Waals surface area contributed by atoms with E-state index in [0.717, 1.165) is 0 Å². The Balaban J connectivity index is 2.40. The van der Waals surface area contributed by atoms with Crippen molar-refractivity contribution in [2.24, 2.45) is 0 Å². The maximum Gasteiger partial charge on any atom is 0.328 e. The van der Waals surface area contributed by atoms with Crippen LogP contribution in [0.1, 0.15) is 42.1 Å². The van der Waals surface area contributed by atoms with Crippen LogP contribution in [0.3, 0.4) is 0 Å². The summed E-state index contributed by atoms with van der Waals surface area (Å²) in [4.78, 5) is 12.2. The van der Waals surface area contributed by atoms with Crippen LogP contribution in [-0.4, -0.2) is 9.13 Å². The minimum atomic E-state index is 0.0642. The standard InChI is InChI=1S/C16H22N2O/c1-11(2)18-7-6-17(16(18)19)10-15-13(4)8-12(3)9-14(15)5/h6-9,11H,10H2,1-5H3. The van der Waals surface area contributed by atoms with E-state index >= 15 is 0 Å². The molecule has 1 aromatic carbocycles. The topological polar surface area (TPSA) is 26.9 Å². The normalized spacial score (nSPS) is 11.3. The van der Waals surface area contributed by atoms with Crippen LogP contribution in [0.5, 0.6) is 0 Å². The number of benzene rings is 1. The van der Waals surface area contributed by atoms with Crippen LogP contribution >= 0.6 is 0 Å². The van der Waals surface area contributed by atoms with E-state index < -0.39 is 0 Å². The summed E-state index contributed by atoms with van der Waals surface area (Å²) >= 11 is 0. The molecular weight excluding hydrogens is 236 g/mol. The molecule has 0 atom stereocenters. The summed E-state index contributed by atoms with van der Waals surface area (Å²) in [6, 6.07) is 4.55. The smallest absolute Gasteiger partial charge is 0.297 e. The van der Waals surface area contributed by atoms with Crippen LogP contribution in [0.4, 0.5) is 0 Å². The van der Waals surface area contributed by atoms with Crippen molar-refractivity contribution in [2.45, 2.75) is 47.2 Å². The van der Waals surface area contributed by atoms with Crippen LogP contribution in [-0.2, 0) is 6.54 Å². The third-order valence-electron chi connectivity index (χ3n) is 3.60. The molecule has 0 spiro atoms. The van der Waals surface area contributed by atoms with Crippen molar-refractivity contribution in [2.75, 3.05) is 0 Å². The van der Waals surface area contributed by atoms with Crippen LogP contribution < -0.4 is 5.69 Å². The minimum Gasteiger partial charge on any atom is -0.297 e. The first kappa shape index (κ1) is 13.7. The average Bonchev–Trinajstić information content (AvgIpc) is 2.65. The van der Waals surface area contributed by atoms with Gasteiger partial charge in [-0.05, 0) is 51.3 Å². The van der Waals surface area contributed by atoms with Crippen LogP contribution in [0.25, 0.3) is 0 Å². The van der Waals surface area contributed by atoms with E-state index in [1.165, 1.54) is 22.3 Å². The first-order valence-corrected chi connectivity index (χ1v) is 6.74. The first-order chi connectivity index (χ1) is 8.90. The molecule has 2 aromatic rings. The van der Waals surface area contributed by atoms with Gasteiger partial charge in [0, 0.05) is 18.4 Å². The zero-order valence-electron chi connectivity index (χ0n) is 12.4. The molecule has 0 saturated heterocycles. The lowest BCUT2D eigenvalue weighted by atomic mass is 10.00. The van der Waals surface area contributed by atoms with E-state index in [0.29, 0.717) is 6.54 Å². The number of rotatable bonds is 3. The molecule has 0 aliphatic carbocycles. The molecule has 1 aromatic heterocycles.